The molecule has 0 saturated carbocycles. The molecule has 0 fully saturated rings. The van der Waals surface area contributed by atoms with E-state index in [0.717, 1.165) is 12.2 Å². The third kappa shape index (κ3) is 3.39. The van der Waals surface area contributed by atoms with E-state index in [9.17, 15) is 0 Å². The van der Waals surface area contributed by atoms with Gasteiger partial charge in [0.1, 0.15) is 11.9 Å². The zero-order valence-corrected chi connectivity index (χ0v) is 11.2. The van der Waals surface area contributed by atoms with Gasteiger partial charge in [0.05, 0.1) is 6.54 Å². The van der Waals surface area contributed by atoms with Crippen molar-refractivity contribution in [2.45, 2.75) is 38.8 Å². The minimum atomic E-state index is -0.0624. The number of nitrogens with two attached hydrogens (primary N) is 1. The van der Waals surface area contributed by atoms with Gasteiger partial charge < -0.3 is 15.8 Å². The first kappa shape index (κ1) is 12.7. The standard InChI is InChI=1S/C14H21N3O/c1-14(2,3)17-13(15)16-9-11-8-10-6-4-5-7-12(10)18-11/h4-7,11H,8-9H2,1-3H3,(H3,15,16,17). The smallest absolute Gasteiger partial charge is 0.189 e. The fourth-order valence-electron chi connectivity index (χ4n) is 1.98. The highest BCUT2D eigenvalue weighted by molar-refractivity contribution is 5.78. The van der Waals surface area contributed by atoms with E-state index in [2.05, 4.69) is 37.1 Å². The van der Waals surface area contributed by atoms with E-state index in [1.54, 1.807) is 0 Å². The molecule has 1 atom stereocenters. The summed E-state index contributed by atoms with van der Waals surface area (Å²) in [7, 11) is 0. The lowest BCUT2D eigenvalue weighted by Gasteiger charge is -2.21. The van der Waals surface area contributed by atoms with E-state index in [1.165, 1.54) is 5.56 Å². The van der Waals surface area contributed by atoms with Gasteiger partial charge in [-0.3, -0.25) is 0 Å². The number of rotatable bonds is 2. The molecule has 4 nitrogen and oxygen atoms in total. The Morgan fingerprint density at radius 3 is 2.83 bits per heavy atom. The Bertz CT molecular complexity index is 424. The Labute approximate surface area is 108 Å². The summed E-state index contributed by atoms with van der Waals surface area (Å²) >= 11 is 0. The lowest BCUT2D eigenvalue weighted by atomic mass is 10.1. The largest absolute Gasteiger partial charge is 0.488 e. The summed E-state index contributed by atoms with van der Waals surface area (Å²) in [5.41, 5.74) is 7.01. The molecule has 0 aliphatic carbocycles. The molecule has 0 amide bonds. The van der Waals surface area contributed by atoms with Crippen molar-refractivity contribution < 1.29 is 4.74 Å². The Kier molecular flexibility index (Phi) is 3.45. The lowest BCUT2D eigenvalue weighted by molar-refractivity contribution is 0.241. The first-order valence-corrected chi connectivity index (χ1v) is 6.27. The molecule has 2 rings (SSSR count). The summed E-state index contributed by atoms with van der Waals surface area (Å²) in [6, 6.07) is 8.11. The van der Waals surface area contributed by atoms with Crippen LogP contribution in [0.3, 0.4) is 0 Å². The topological polar surface area (TPSA) is 59.6 Å². The number of fused-ring (bicyclic) bond motifs is 1. The van der Waals surface area contributed by atoms with E-state index in [1.807, 2.05) is 18.2 Å². The van der Waals surface area contributed by atoms with Crippen molar-refractivity contribution in [3.05, 3.63) is 29.8 Å². The zero-order chi connectivity index (χ0) is 13.2. The van der Waals surface area contributed by atoms with Crippen molar-refractivity contribution in [1.29, 1.82) is 0 Å². The molecule has 98 valence electrons. The molecule has 0 saturated heterocycles. The SMILES string of the molecule is CC(C)(C)NC(N)=NCC1Cc2ccccc2O1. The molecule has 18 heavy (non-hydrogen) atoms. The maximum atomic E-state index is 5.83. The van der Waals surface area contributed by atoms with E-state index < -0.39 is 0 Å². The van der Waals surface area contributed by atoms with Crippen LogP contribution in [-0.4, -0.2) is 24.1 Å². The molecule has 0 aromatic heterocycles. The first-order valence-electron chi connectivity index (χ1n) is 6.27. The molecule has 1 aromatic rings. The van der Waals surface area contributed by atoms with E-state index in [4.69, 9.17) is 10.5 Å². The number of benzene rings is 1. The number of aliphatic imine (C=N–C) groups is 1. The molecular formula is C14H21N3O. The first-order chi connectivity index (χ1) is 8.44. The van der Waals surface area contributed by atoms with Gasteiger partial charge in [-0.2, -0.15) is 0 Å². The highest BCUT2D eigenvalue weighted by Crippen LogP contribution is 2.28. The van der Waals surface area contributed by atoms with Crippen LogP contribution in [0.4, 0.5) is 0 Å². The van der Waals surface area contributed by atoms with Crippen molar-refractivity contribution in [2.24, 2.45) is 10.7 Å². The van der Waals surface area contributed by atoms with Gasteiger partial charge in [0.25, 0.3) is 0 Å². The van der Waals surface area contributed by atoms with Gasteiger partial charge in [-0.1, -0.05) is 18.2 Å². The molecule has 1 aromatic carbocycles. The number of hydrogen-bond donors (Lipinski definition) is 2. The van der Waals surface area contributed by atoms with Gasteiger partial charge >= 0.3 is 0 Å². The van der Waals surface area contributed by atoms with Gasteiger partial charge in [-0.25, -0.2) is 4.99 Å². The summed E-state index contributed by atoms with van der Waals surface area (Å²) < 4.78 is 5.80. The fraction of sp³-hybridized carbons (Fsp3) is 0.500. The molecule has 1 unspecified atom stereocenters. The maximum absolute atomic E-state index is 5.83. The Morgan fingerprint density at radius 1 is 1.44 bits per heavy atom. The van der Waals surface area contributed by atoms with Crippen molar-refractivity contribution in [1.82, 2.24) is 5.32 Å². The lowest BCUT2D eigenvalue weighted by Crippen LogP contribution is -2.45. The van der Waals surface area contributed by atoms with Crippen molar-refractivity contribution in [3.63, 3.8) is 0 Å². The Morgan fingerprint density at radius 2 is 2.17 bits per heavy atom. The van der Waals surface area contributed by atoms with Crippen LogP contribution in [0, 0.1) is 0 Å². The third-order valence-electron chi connectivity index (χ3n) is 2.68. The van der Waals surface area contributed by atoms with E-state index in [-0.39, 0.29) is 11.6 Å². The summed E-state index contributed by atoms with van der Waals surface area (Å²) in [4.78, 5) is 4.33. The Balaban J connectivity index is 1.88. The Hall–Kier alpha value is -1.71. The molecule has 4 heteroatoms. The molecule has 0 radical (unpaired) electrons. The predicted octanol–water partition coefficient (Wildman–Crippen LogP) is 1.69. The summed E-state index contributed by atoms with van der Waals surface area (Å²) in [6.07, 6.45) is 1.00. The second-order valence-electron chi connectivity index (χ2n) is 5.65. The second kappa shape index (κ2) is 4.88. The van der Waals surface area contributed by atoms with Crippen molar-refractivity contribution >= 4 is 5.96 Å². The zero-order valence-electron chi connectivity index (χ0n) is 11.2. The van der Waals surface area contributed by atoms with Crippen molar-refractivity contribution in [3.8, 4) is 5.75 Å². The highest BCUT2D eigenvalue weighted by Gasteiger charge is 2.22. The van der Waals surface area contributed by atoms with E-state index in [0.29, 0.717) is 12.5 Å². The van der Waals surface area contributed by atoms with Crippen LogP contribution in [0.2, 0.25) is 0 Å². The average molecular weight is 247 g/mol. The van der Waals surface area contributed by atoms with Gasteiger partial charge in [-0.15, -0.1) is 0 Å². The molecule has 1 heterocycles. The molecule has 0 bridgehead atoms. The van der Waals surface area contributed by atoms with Gasteiger partial charge in [0.2, 0.25) is 0 Å². The highest BCUT2D eigenvalue weighted by atomic mass is 16.5. The number of nitrogens with zero attached hydrogens (tertiary/aromatic N) is 1. The number of ether oxygens (including phenoxy) is 1. The van der Waals surface area contributed by atoms with Crippen LogP contribution < -0.4 is 15.8 Å². The van der Waals surface area contributed by atoms with Crippen LogP contribution in [0.25, 0.3) is 0 Å². The molecule has 0 spiro atoms. The summed E-state index contributed by atoms with van der Waals surface area (Å²) in [5, 5.41) is 3.14. The van der Waals surface area contributed by atoms with Gasteiger partial charge in [-0.05, 0) is 32.4 Å². The number of guanidine groups is 1. The maximum Gasteiger partial charge on any atom is 0.189 e. The van der Waals surface area contributed by atoms with Crippen LogP contribution in [0.5, 0.6) is 5.75 Å². The van der Waals surface area contributed by atoms with Gasteiger partial charge in [0.15, 0.2) is 5.96 Å². The minimum Gasteiger partial charge on any atom is -0.488 e. The van der Waals surface area contributed by atoms with Crippen molar-refractivity contribution in [2.75, 3.05) is 6.54 Å². The second-order valence-corrected chi connectivity index (χ2v) is 5.65. The number of para-hydroxylation sites is 1. The molecule has 1 aliphatic heterocycles. The average Bonchev–Trinajstić information content (AvgIpc) is 2.66. The van der Waals surface area contributed by atoms with Crippen LogP contribution >= 0.6 is 0 Å². The number of hydrogen-bond acceptors (Lipinski definition) is 2. The van der Waals surface area contributed by atoms with Crippen LogP contribution in [0.1, 0.15) is 26.3 Å². The van der Waals surface area contributed by atoms with Crippen LogP contribution in [0.15, 0.2) is 29.3 Å². The van der Waals surface area contributed by atoms with E-state index >= 15 is 0 Å². The normalized spacial score (nSPS) is 19.3. The summed E-state index contributed by atoms with van der Waals surface area (Å²) in [5.74, 6) is 1.45. The molecule has 3 N–H and O–H groups in total. The minimum absolute atomic E-state index is 0.0624. The monoisotopic (exact) mass is 247 g/mol. The number of nitrogens with one attached hydrogen (secondary N) is 1. The fourth-order valence-corrected chi connectivity index (χ4v) is 1.98. The van der Waals surface area contributed by atoms with Gasteiger partial charge in [0, 0.05) is 12.0 Å². The quantitative estimate of drug-likeness (QED) is 0.617. The summed E-state index contributed by atoms with van der Waals surface area (Å²) in [6.45, 7) is 6.75. The van der Waals surface area contributed by atoms with Crippen LogP contribution in [-0.2, 0) is 6.42 Å². The molecule has 1 aliphatic rings. The third-order valence-corrected chi connectivity index (χ3v) is 2.68. The predicted molar refractivity (Wildman–Crippen MR) is 73.9 cm³/mol. The molecular weight excluding hydrogens is 226 g/mol.